The van der Waals surface area contributed by atoms with E-state index in [1.807, 2.05) is 0 Å². The molecular formula is C9H12O2Si. The minimum Gasteiger partial charge on any atom is -0.290 e. The minimum absolute atomic E-state index is 0.00812. The standard InChI is InChI=1S/C9H12O2Si/c1-12(2,3)9-6-7(10)4-5-8(9)11/h4-6H,1-3H3. The fraction of sp³-hybridized carbons (Fsp3) is 0.333. The van der Waals surface area contributed by atoms with Crippen LogP contribution in [0.5, 0.6) is 0 Å². The molecule has 0 fully saturated rings. The summed E-state index contributed by atoms with van der Waals surface area (Å²) in [5.41, 5.74) is 0. The summed E-state index contributed by atoms with van der Waals surface area (Å²) in [5, 5.41) is 0.731. The highest BCUT2D eigenvalue weighted by atomic mass is 28.3. The molecule has 0 heterocycles. The van der Waals surface area contributed by atoms with Crippen LogP contribution in [0.15, 0.2) is 23.4 Å². The minimum atomic E-state index is -1.62. The Hall–Kier alpha value is -0.963. The number of rotatable bonds is 1. The monoisotopic (exact) mass is 180 g/mol. The molecule has 1 rings (SSSR count). The highest BCUT2D eigenvalue weighted by Gasteiger charge is 2.26. The van der Waals surface area contributed by atoms with Crippen LogP contribution in [0.2, 0.25) is 19.6 Å². The lowest BCUT2D eigenvalue weighted by Crippen LogP contribution is -2.30. The average Bonchev–Trinajstić information content (AvgIpc) is 1.92. The van der Waals surface area contributed by atoms with Crippen LogP contribution in [-0.4, -0.2) is 19.6 Å². The maximum Gasteiger partial charge on any atom is 0.178 e. The lowest BCUT2D eigenvalue weighted by Gasteiger charge is -2.19. The Balaban J connectivity index is 3.05. The first-order chi connectivity index (χ1) is 5.41. The van der Waals surface area contributed by atoms with Gasteiger partial charge in [-0.05, 0) is 23.4 Å². The summed E-state index contributed by atoms with van der Waals surface area (Å²) in [4.78, 5) is 22.3. The van der Waals surface area contributed by atoms with E-state index in [1.165, 1.54) is 18.2 Å². The topological polar surface area (TPSA) is 34.1 Å². The molecule has 0 aliphatic heterocycles. The third-order valence-corrected chi connectivity index (χ3v) is 3.77. The zero-order valence-corrected chi connectivity index (χ0v) is 8.55. The molecule has 3 heteroatoms. The van der Waals surface area contributed by atoms with Gasteiger partial charge in [-0.15, -0.1) is 0 Å². The van der Waals surface area contributed by atoms with Gasteiger partial charge in [0.2, 0.25) is 0 Å². The first-order valence-corrected chi connectivity index (χ1v) is 7.40. The van der Waals surface area contributed by atoms with Gasteiger partial charge in [-0.25, -0.2) is 0 Å². The Morgan fingerprint density at radius 1 is 1.08 bits per heavy atom. The summed E-state index contributed by atoms with van der Waals surface area (Å²) in [7, 11) is -1.62. The predicted octanol–water partition coefficient (Wildman–Crippen LogP) is 1.50. The second-order valence-electron chi connectivity index (χ2n) is 3.91. The second-order valence-corrected chi connectivity index (χ2v) is 8.95. The summed E-state index contributed by atoms with van der Waals surface area (Å²) in [6.45, 7) is 6.18. The molecule has 0 unspecified atom stereocenters. The molecule has 2 nitrogen and oxygen atoms in total. The van der Waals surface area contributed by atoms with Gasteiger partial charge in [-0.2, -0.15) is 0 Å². The Bertz CT molecular complexity index is 292. The zero-order chi connectivity index (χ0) is 9.35. The highest BCUT2D eigenvalue weighted by molar-refractivity contribution is 6.88. The van der Waals surface area contributed by atoms with E-state index in [4.69, 9.17) is 0 Å². The Labute approximate surface area is 73.0 Å². The van der Waals surface area contributed by atoms with Crippen LogP contribution in [0.3, 0.4) is 0 Å². The van der Waals surface area contributed by atoms with Crippen molar-refractivity contribution in [1.29, 1.82) is 0 Å². The largest absolute Gasteiger partial charge is 0.290 e. The molecule has 1 aliphatic carbocycles. The van der Waals surface area contributed by atoms with Gasteiger partial charge < -0.3 is 0 Å². The molecule has 0 aromatic heterocycles. The molecule has 0 aromatic rings. The van der Waals surface area contributed by atoms with Crippen molar-refractivity contribution in [2.75, 3.05) is 0 Å². The molecule has 0 bridgehead atoms. The van der Waals surface area contributed by atoms with Gasteiger partial charge in [0, 0.05) is 0 Å². The summed E-state index contributed by atoms with van der Waals surface area (Å²) in [6.07, 6.45) is 4.18. The van der Waals surface area contributed by atoms with Gasteiger partial charge in [0.25, 0.3) is 0 Å². The molecule has 12 heavy (non-hydrogen) atoms. The van der Waals surface area contributed by atoms with E-state index in [9.17, 15) is 9.59 Å². The summed E-state index contributed by atoms with van der Waals surface area (Å²) in [5.74, 6) is -0.0548. The molecular weight excluding hydrogens is 168 g/mol. The van der Waals surface area contributed by atoms with Gasteiger partial charge in [0.15, 0.2) is 11.6 Å². The smallest absolute Gasteiger partial charge is 0.178 e. The van der Waals surface area contributed by atoms with E-state index in [2.05, 4.69) is 19.6 Å². The lowest BCUT2D eigenvalue weighted by atomic mass is 10.2. The first kappa shape index (κ1) is 9.13. The van der Waals surface area contributed by atoms with Crippen LogP contribution < -0.4 is 0 Å². The van der Waals surface area contributed by atoms with Crippen LogP contribution >= 0.6 is 0 Å². The molecule has 0 spiro atoms. The molecule has 0 radical (unpaired) electrons. The second kappa shape index (κ2) is 2.82. The number of hydrogen-bond donors (Lipinski definition) is 0. The first-order valence-electron chi connectivity index (χ1n) is 3.90. The average molecular weight is 180 g/mol. The maximum absolute atomic E-state index is 11.3. The Morgan fingerprint density at radius 3 is 2.08 bits per heavy atom. The van der Waals surface area contributed by atoms with Crippen molar-refractivity contribution in [3.05, 3.63) is 23.4 Å². The van der Waals surface area contributed by atoms with E-state index < -0.39 is 8.07 Å². The van der Waals surface area contributed by atoms with Crippen molar-refractivity contribution in [1.82, 2.24) is 0 Å². The zero-order valence-electron chi connectivity index (χ0n) is 7.55. The van der Waals surface area contributed by atoms with Crippen LogP contribution in [0.4, 0.5) is 0 Å². The SMILES string of the molecule is C[Si](C)(C)C1=CC(=O)C=CC1=O. The van der Waals surface area contributed by atoms with E-state index in [1.54, 1.807) is 0 Å². The van der Waals surface area contributed by atoms with Crippen molar-refractivity contribution < 1.29 is 9.59 Å². The molecule has 0 aromatic carbocycles. The van der Waals surface area contributed by atoms with Crippen LogP contribution in [-0.2, 0) is 9.59 Å². The lowest BCUT2D eigenvalue weighted by molar-refractivity contribution is -0.114. The van der Waals surface area contributed by atoms with E-state index in [-0.39, 0.29) is 11.6 Å². The van der Waals surface area contributed by atoms with Crippen molar-refractivity contribution in [3.8, 4) is 0 Å². The highest BCUT2D eigenvalue weighted by Crippen LogP contribution is 2.18. The van der Waals surface area contributed by atoms with Gasteiger partial charge in [-0.1, -0.05) is 19.6 Å². The molecule has 0 saturated heterocycles. The van der Waals surface area contributed by atoms with Gasteiger partial charge >= 0.3 is 0 Å². The van der Waals surface area contributed by atoms with Crippen LogP contribution in [0.25, 0.3) is 0 Å². The van der Waals surface area contributed by atoms with E-state index in [0.717, 1.165) is 5.20 Å². The molecule has 0 amide bonds. The molecule has 1 aliphatic rings. The predicted molar refractivity (Wildman–Crippen MR) is 50.6 cm³/mol. The normalized spacial score (nSPS) is 18.1. The fourth-order valence-electron chi connectivity index (χ4n) is 1.10. The van der Waals surface area contributed by atoms with Crippen molar-refractivity contribution in [2.24, 2.45) is 0 Å². The Kier molecular flexibility index (Phi) is 2.15. The van der Waals surface area contributed by atoms with Crippen LogP contribution in [0.1, 0.15) is 0 Å². The molecule has 0 atom stereocenters. The quantitative estimate of drug-likeness (QED) is 0.452. The number of carbonyl (C=O) groups is 2. The summed E-state index contributed by atoms with van der Waals surface area (Å²) >= 11 is 0. The van der Waals surface area contributed by atoms with Gasteiger partial charge in [0.1, 0.15) is 0 Å². The summed E-state index contributed by atoms with van der Waals surface area (Å²) < 4.78 is 0. The van der Waals surface area contributed by atoms with E-state index >= 15 is 0 Å². The van der Waals surface area contributed by atoms with Gasteiger partial charge in [-0.3, -0.25) is 9.59 Å². The number of allylic oxidation sites excluding steroid dienone is 4. The third kappa shape index (κ3) is 1.79. The molecule has 64 valence electrons. The van der Waals surface area contributed by atoms with Crippen molar-refractivity contribution in [2.45, 2.75) is 19.6 Å². The van der Waals surface area contributed by atoms with Crippen molar-refractivity contribution in [3.63, 3.8) is 0 Å². The fourth-order valence-corrected chi connectivity index (χ4v) is 2.49. The number of ketones is 2. The van der Waals surface area contributed by atoms with E-state index in [0.29, 0.717) is 0 Å². The number of carbonyl (C=O) groups excluding carboxylic acids is 2. The summed E-state index contributed by atoms with van der Waals surface area (Å²) in [6, 6.07) is 0. The van der Waals surface area contributed by atoms with Gasteiger partial charge in [0.05, 0.1) is 8.07 Å². The Morgan fingerprint density at radius 2 is 1.67 bits per heavy atom. The molecule has 0 saturated carbocycles. The third-order valence-electron chi connectivity index (χ3n) is 1.76. The van der Waals surface area contributed by atoms with Crippen molar-refractivity contribution >= 4 is 19.6 Å². The maximum atomic E-state index is 11.3. The number of hydrogen-bond acceptors (Lipinski definition) is 2. The van der Waals surface area contributed by atoms with Crippen LogP contribution in [0, 0.1) is 0 Å². The molecule has 0 N–H and O–H groups in total.